The fraction of sp³-hybridized carbons (Fsp3) is 0.429. The highest BCUT2D eigenvalue weighted by Gasteiger charge is 2.23. The molecule has 0 saturated carbocycles. The van der Waals surface area contributed by atoms with E-state index in [1.54, 1.807) is 19.2 Å². The van der Waals surface area contributed by atoms with E-state index >= 15 is 0 Å². The molecule has 0 aliphatic carbocycles. The zero-order chi connectivity index (χ0) is 13.7. The maximum atomic E-state index is 12.0. The summed E-state index contributed by atoms with van der Waals surface area (Å²) in [5.41, 5.74) is 1.66. The van der Waals surface area contributed by atoms with Gasteiger partial charge < -0.3 is 10.6 Å². The molecule has 0 aliphatic rings. The molecular weight excluding hydrogens is 228 g/mol. The maximum Gasteiger partial charge on any atom is 0.251 e. The lowest BCUT2D eigenvalue weighted by Gasteiger charge is -2.20. The largest absolute Gasteiger partial charge is 0.357 e. The topological polar surface area (TPSA) is 58.2 Å². The van der Waals surface area contributed by atoms with E-state index in [4.69, 9.17) is 0 Å². The summed E-state index contributed by atoms with van der Waals surface area (Å²) in [7, 11) is 1.57. The van der Waals surface area contributed by atoms with E-state index in [-0.39, 0.29) is 17.7 Å². The van der Waals surface area contributed by atoms with E-state index in [0.717, 1.165) is 5.56 Å². The monoisotopic (exact) mass is 248 g/mol. The second-order valence-electron chi connectivity index (χ2n) is 4.68. The Balaban J connectivity index is 2.78. The number of amides is 2. The highest BCUT2D eigenvalue weighted by molar-refractivity contribution is 5.97. The molecule has 0 aliphatic heterocycles. The first-order chi connectivity index (χ1) is 8.45. The summed E-state index contributed by atoms with van der Waals surface area (Å²) in [5, 5.41) is 5.31. The average Bonchev–Trinajstić information content (AvgIpc) is 2.35. The van der Waals surface area contributed by atoms with Crippen LogP contribution in [0.3, 0.4) is 0 Å². The zero-order valence-corrected chi connectivity index (χ0v) is 11.3. The van der Waals surface area contributed by atoms with Gasteiger partial charge >= 0.3 is 0 Å². The highest BCUT2D eigenvalue weighted by atomic mass is 16.2. The summed E-state index contributed by atoms with van der Waals surface area (Å²) in [5.74, 6) is -0.359. The molecule has 1 aromatic carbocycles. The number of hydrogen-bond donors (Lipinski definition) is 2. The molecule has 1 atom stereocenters. The Labute approximate surface area is 108 Å². The number of carbonyl (C=O) groups excluding carboxylic acids is 2. The molecule has 0 aromatic heterocycles. The minimum absolute atomic E-state index is 0.0411. The van der Waals surface area contributed by atoms with E-state index < -0.39 is 6.04 Å². The van der Waals surface area contributed by atoms with Gasteiger partial charge in [-0.15, -0.1) is 0 Å². The predicted molar refractivity (Wildman–Crippen MR) is 71.3 cm³/mol. The fourth-order valence-electron chi connectivity index (χ4n) is 1.62. The van der Waals surface area contributed by atoms with Crippen LogP contribution in [-0.2, 0) is 4.79 Å². The van der Waals surface area contributed by atoms with Crippen molar-refractivity contribution >= 4 is 11.8 Å². The van der Waals surface area contributed by atoms with Crippen molar-refractivity contribution in [1.82, 2.24) is 10.6 Å². The first kappa shape index (κ1) is 14.2. The Morgan fingerprint density at radius 3 is 2.11 bits per heavy atom. The van der Waals surface area contributed by atoms with Crippen LogP contribution in [0.4, 0.5) is 0 Å². The van der Waals surface area contributed by atoms with E-state index in [1.165, 1.54) is 0 Å². The van der Waals surface area contributed by atoms with Gasteiger partial charge in [0.25, 0.3) is 5.91 Å². The van der Waals surface area contributed by atoms with Crippen molar-refractivity contribution in [2.45, 2.75) is 26.8 Å². The van der Waals surface area contributed by atoms with Gasteiger partial charge in [-0.3, -0.25) is 9.59 Å². The van der Waals surface area contributed by atoms with Crippen molar-refractivity contribution in [3.63, 3.8) is 0 Å². The minimum Gasteiger partial charge on any atom is -0.357 e. The highest BCUT2D eigenvalue weighted by Crippen LogP contribution is 2.06. The van der Waals surface area contributed by atoms with Crippen LogP contribution in [-0.4, -0.2) is 24.9 Å². The van der Waals surface area contributed by atoms with Crippen molar-refractivity contribution < 1.29 is 9.59 Å². The van der Waals surface area contributed by atoms with Crippen LogP contribution in [0.5, 0.6) is 0 Å². The molecule has 2 amide bonds. The van der Waals surface area contributed by atoms with Crippen molar-refractivity contribution in [3.05, 3.63) is 35.4 Å². The molecule has 4 nitrogen and oxygen atoms in total. The summed E-state index contributed by atoms with van der Waals surface area (Å²) in [4.78, 5) is 23.6. The fourth-order valence-corrected chi connectivity index (χ4v) is 1.62. The number of benzene rings is 1. The van der Waals surface area contributed by atoms with Gasteiger partial charge in [0.15, 0.2) is 0 Å². The minimum atomic E-state index is -0.510. The standard InChI is InChI=1S/C14H20N2O2/c1-9(2)12(14(18)15-4)16-13(17)11-7-5-10(3)6-8-11/h5-9,12H,1-4H3,(H,15,18)(H,16,17). The van der Waals surface area contributed by atoms with Crippen LogP contribution < -0.4 is 10.6 Å². The molecule has 1 aromatic rings. The lowest BCUT2D eigenvalue weighted by atomic mass is 10.0. The van der Waals surface area contributed by atoms with Gasteiger partial charge in [-0.25, -0.2) is 0 Å². The Morgan fingerprint density at radius 2 is 1.67 bits per heavy atom. The molecule has 18 heavy (non-hydrogen) atoms. The molecule has 1 rings (SSSR count). The van der Waals surface area contributed by atoms with Crippen molar-refractivity contribution in [2.75, 3.05) is 7.05 Å². The molecule has 0 bridgehead atoms. The Kier molecular flexibility index (Phi) is 4.89. The third-order valence-electron chi connectivity index (χ3n) is 2.80. The third kappa shape index (κ3) is 3.58. The first-order valence-corrected chi connectivity index (χ1v) is 6.04. The van der Waals surface area contributed by atoms with Gasteiger partial charge in [-0.2, -0.15) is 0 Å². The van der Waals surface area contributed by atoms with Gasteiger partial charge in [-0.1, -0.05) is 31.5 Å². The van der Waals surface area contributed by atoms with Crippen LogP contribution in [0.25, 0.3) is 0 Å². The van der Waals surface area contributed by atoms with E-state index in [9.17, 15) is 9.59 Å². The Bertz CT molecular complexity index is 424. The molecule has 0 fully saturated rings. The molecule has 0 spiro atoms. The number of hydrogen-bond acceptors (Lipinski definition) is 2. The molecule has 4 heteroatoms. The lowest BCUT2D eigenvalue weighted by Crippen LogP contribution is -2.48. The van der Waals surface area contributed by atoms with Gasteiger partial charge in [-0.05, 0) is 25.0 Å². The smallest absolute Gasteiger partial charge is 0.251 e. The zero-order valence-electron chi connectivity index (χ0n) is 11.3. The molecule has 98 valence electrons. The van der Waals surface area contributed by atoms with Gasteiger partial charge in [0.1, 0.15) is 6.04 Å². The molecule has 0 saturated heterocycles. The summed E-state index contributed by atoms with van der Waals surface area (Å²) in [6.07, 6.45) is 0. The average molecular weight is 248 g/mol. The van der Waals surface area contributed by atoms with Crippen LogP contribution in [0.2, 0.25) is 0 Å². The molecule has 1 unspecified atom stereocenters. The van der Waals surface area contributed by atoms with Crippen molar-refractivity contribution in [2.24, 2.45) is 5.92 Å². The lowest BCUT2D eigenvalue weighted by molar-refractivity contribution is -0.123. The molecule has 0 heterocycles. The van der Waals surface area contributed by atoms with Gasteiger partial charge in [0, 0.05) is 12.6 Å². The Hall–Kier alpha value is -1.84. The third-order valence-corrected chi connectivity index (χ3v) is 2.80. The Morgan fingerprint density at radius 1 is 1.11 bits per heavy atom. The molecule has 0 radical (unpaired) electrons. The van der Waals surface area contributed by atoms with Crippen LogP contribution in [0, 0.1) is 12.8 Å². The summed E-state index contributed by atoms with van der Waals surface area (Å²) >= 11 is 0. The quantitative estimate of drug-likeness (QED) is 0.848. The van der Waals surface area contributed by atoms with E-state index in [2.05, 4.69) is 10.6 Å². The number of carbonyl (C=O) groups is 2. The predicted octanol–water partition coefficient (Wildman–Crippen LogP) is 1.50. The van der Waals surface area contributed by atoms with Crippen molar-refractivity contribution in [3.8, 4) is 0 Å². The number of nitrogens with one attached hydrogen (secondary N) is 2. The van der Waals surface area contributed by atoms with E-state index in [0.29, 0.717) is 5.56 Å². The first-order valence-electron chi connectivity index (χ1n) is 6.04. The second kappa shape index (κ2) is 6.19. The summed E-state index contributed by atoms with van der Waals surface area (Å²) < 4.78 is 0. The number of aryl methyl sites for hydroxylation is 1. The summed E-state index contributed by atoms with van der Waals surface area (Å²) in [6, 6.07) is 6.75. The van der Waals surface area contributed by atoms with Crippen LogP contribution in [0.15, 0.2) is 24.3 Å². The van der Waals surface area contributed by atoms with Gasteiger partial charge in [0.2, 0.25) is 5.91 Å². The van der Waals surface area contributed by atoms with Gasteiger partial charge in [0.05, 0.1) is 0 Å². The van der Waals surface area contributed by atoms with Crippen LogP contribution in [0.1, 0.15) is 29.8 Å². The normalized spacial score (nSPS) is 12.1. The second-order valence-corrected chi connectivity index (χ2v) is 4.68. The number of rotatable bonds is 4. The number of likely N-dealkylation sites (N-methyl/N-ethyl adjacent to an activating group) is 1. The SMILES string of the molecule is CNC(=O)C(NC(=O)c1ccc(C)cc1)C(C)C. The van der Waals surface area contributed by atoms with Crippen LogP contribution >= 0.6 is 0 Å². The van der Waals surface area contributed by atoms with E-state index in [1.807, 2.05) is 32.9 Å². The summed E-state index contributed by atoms with van der Waals surface area (Å²) in [6.45, 7) is 5.76. The molecule has 2 N–H and O–H groups in total. The molecular formula is C14H20N2O2. The van der Waals surface area contributed by atoms with Crippen molar-refractivity contribution in [1.29, 1.82) is 0 Å². The maximum absolute atomic E-state index is 12.0.